The molecular formula is C17H16F6O. The van der Waals surface area contributed by atoms with Crippen LogP contribution in [0.25, 0.3) is 0 Å². The molecule has 0 saturated carbocycles. The van der Waals surface area contributed by atoms with E-state index in [9.17, 15) is 26.3 Å². The van der Waals surface area contributed by atoms with Crippen molar-refractivity contribution in [3.8, 4) is 0 Å². The summed E-state index contributed by atoms with van der Waals surface area (Å²) < 4.78 is 86.3. The third-order valence-corrected chi connectivity index (χ3v) is 3.89. The molecule has 0 heterocycles. The lowest BCUT2D eigenvalue weighted by Gasteiger charge is -2.31. The van der Waals surface area contributed by atoms with Crippen molar-refractivity contribution in [3.63, 3.8) is 0 Å². The van der Waals surface area contributed by atoms with Crippen LogP contribution in [-0.2, 0) is 11.2 Å². The van der Waals surface area contributed by atoms with Gasteiger partial charge in [0.15, 0.2) is 17.4 Å². The SMILES string of the molecule is CC1=CC=C(OCCCc2ccc(C)c(F)c2F)C(F)(F)C1(F)F. The Labute approximate surface area is 135 Å². The second-order valence-corrected chi connectivity index (χ2v) is 5.65. The van der Waals surface area contributed by atoms with Gasteiger partial charge < -0.3 is 4.74 Å². The maximum atomic E-state index is 13.7. The van der Waals surface area contributed by atoms with Crippen molar-refractivity contribution in [2.45, 2.75) is 38.5 Å². The van der Waals surface area contributed by atoms with Crippen LogP contribution in [-0.4, -0.2) is 18.5 Å². The molecule has 7 heteroatoms. The van der Waals surface area contributed by atoms with Crippen LogP contribution in [0.3, 0.4) is 0 Å². The average molecular weight is 350 g/mol. The molecule has 0 atom stereocenters. The molecule has 0 unspecified atom stereocenters. The van der Waals surface area contributed by atoms with Crippen molar-refractivity contribution >= 4 is 0 Å². The Kier molecular flexibility index (Phi) is 5.01. The molecule has 1 aromatic rings. The van der Waals surface area contributed by atoms with Gasteiger partial charge in [-0.3, -0.25) is 0 Å². The molecule has 0 aliphatic heterocycles. The first-order valence-electron chi connectivity index (χ1n) is 7.30. The van der Waals surface area contributed by atoms with Crippen molar-refractivity contribution in [3.05, 3.63) is 58.4 Å². The number of ether oxygens (including phenoxy) is 1. The molecule has 132 valence electrons. The molecule has 1 aromatic carbocycles. The van der Waals surface area contributed by atoms with Gasteiger partial charge in [-0.05, 0) is 43.9 Å². The van der Waals surface area contributed by atoms with Gasteiger partial charge in [-0.15, -0.1) is 0 Å². The van der Waals surface area contributed by atoms with E-state index in [0.29, 0.717) is 0 Å². The van der Waals surface area contributed by atoms with Gasteiger partial charge in [0.05, 0.1) is 6.61 Å². The highest BCUT2D eigenvalue weighted by molar-refractivity contribution is 5.34. The number of benzene rings is 1. The van der Waals surface area contributed by atoms with Crippen LogP contribution in [0.5, 0.6) is 0 Å². The van der Waals surface area contributed by atoms with E-state index in [4.69, 9.17) is 4.74 Å². The highest BCUT2D eigenvalue weighted by atomic mass is 19.3. The van der Waals surface area contributed by atoms with Crippen molar-refractivity contribution in [2.75, 3.05) is 6.61 Å². The first-order chi connectivity index (χ1) is 11.1. The zero-order valence-electron chi connectivity index (χ0n) is 13.1. The molecule has 0 fully saturated rings. The minimum Gasteiger partial charge on any atom is -0.491 e. The Morgan fingerprint density at radius 3 is 2.25 bits per heavy atom. The van der Waals surface area contributed by atoms with E-state index in [-0.39, 0.29) is 30.6 Å². The maximum Gasteiger partial charge on any atom is 0.369 e. The fraction of sp³-hybridized carbons (Fsp3) is 0.412. The summed E-state index contributed by atoms with van der Waals surface area (Å²) in [5.41, 5.74) is -0.520. The number of rotatable bonds is 5. The Bertz CT molecular complexity index is 691. The lowest BCUT2D eigenvalue weighted by molar-refractivity contribution is -0.185. The van der Waals surface area contributed by atoms with Gasteiger partial charge in [-0.1, -0.05) is 18.2 Å². The highest BCUT2D eigenvalue weighted by Crippen LogP contribution is 2.47. The number of hydrogen-bond donors (Lipinski definition) is 0. The standard InChI is InChI=1S/C17H16F6O/c1-10-5-7-12(15(19)14(10)18)4-3-9-24-13-8-6-11(2)16(20,21)17(13,22)23/h5-8H,3-4,9H2,1-2H3. The number of hydrogen-bond acceptors (Lipinski definition) is 1. The molecule has 0 aromatic heterocycles. The van der Waals surface area contributed by atoms with Gasteiger partial charge in [0.2, 0.25) is 0 Å². The largest absolute Gasteiger partial charge is 0.491 e. The van der Waals surface area contributed by atoms with Gasteiger partial charge in [0.25, 0.3) is 0 Å². The Hall–Kier alpha value is -1.92. The third kappa shape index (κ3) is 3.16. The van der Waals surface area contributed by atoms with Crippen LogP contribution >= 0.6 is 0 Å². The molecule has 1 aliphatic rings. The zero-order chi connectivity index (χ0) is 18.1. The third-order valence-electron chi connectivity index (χ3n) is 3.89. The van der Waals surface area contributed by atoms with E-state index in [1.165, 1.54) is 19.1 Å². The quantitative estimate of drug-likeness (QED) is 0.515. The summed E-state index contributed by atoms with van der Waals surface area (Å²) in [7, 11) is 0. The van der Waals surface area contributed by atoms with Crippen LogP contribution in [0.2, 0.25) is 0 Å². The second-order valence-electron chi connectivity index (χ2n) is 5.65. The minimum atomic E-state index is -4.44. The van der Waals surface area contributed by atoms with Crippen molar-refractivity contribution in [1.82, 2.24) is 0 Å². The maximum absolute atomic E-state index is 13.7. The van der Waals surface area contributed by atoms with E-state index in [0.717, 1.165) is 19.1 Å². The van der Waals surface area contributed by atoms with Crippen LogP contribution in [0.1, 0.15) is 24.5 Å². The first-order valence-corrected chi connectivity index (χ1v) is 7.30. The number of aryl methyl sites for hydroxylation is 2. The molecule has 0 amide bonds. The van der Waals surface area contributed by atoms with E-state index in [2.05, 4.69) is 0 Å². The van der Waals surface area contributed by atoms with Crippen LogP contribution in [0.4, 0.5) is 26.3 Å². The molecule has 2 rings (SSSR count). The summed E-state index contributed by atoms with van der Waals surface area (Å²) in [5.74, 6) is -11.8. The van der Waals surface area contributed by atoms with E-state index < -0.39 is 34.8 Å². The van der Waals surface area contributed by atoms with Crippen LogP contribution < -0.4 is 0 Å². The average Bonchev–Trinajstić information content (AvgIpc) is 2.51. The summed E-state index contributed by atoms with van der Waals surface area (Å²) in [4.78, 5) is 0. The molecule has 1 aliphatic carbocycles. The van der Waals surface area contributed by atoms with Gasteiger partial charge in [0, 0.05) is 5.57 Å². The lowest BCUT2D eigenvalue weighted by atomic mass is 9.97. The molecule has 0 bridgehead atoms. The van der Waals surface area contributed by atoms with Gasteiger partial charge in [0.1, 0.15) is 0 Å². The predicted octanol–water partition coefficient (Wildman–Crippen LogP) is 5.34. The first kappa shape index (κ1) is 18.4. The van der Waals surface area contributed by atoms with Crippen LogP contribution in [0, 0.1) is 18.6 Å². The van der Waals surface area contributed by atoms with Crippen molar-refractivity contribution in [2.24, 2.45) is 0 Å². The summed E-state index contributed by atoms with van der Waals surface area (Å²) >= 11 is 0. The van der Waals surface area contributed by atoms with E-state index in [1.807, 2.05) is 0 Å². The van der Waals surface area contributed by atoms with Crippen molar-refractivity contribution < 1.29 is 31.1 Å². The predicted molar refractivity (Wildman–Crippen MR) is 77.1 cm³/mol. The topological polar surface area (TPSA) is 9.23 Å². The summed E-state index contributed by atoms with van der Waals surface area (Å²) in [6, 6.07) is 2.79. The molecule has 0 saturated heterocycles. The highest BCUT2D eigenvalue weighted by Gasteiger charge is 2.62. The number of alkyl halides is 4. The second kappa shape index (κ2) is 6.53. The molecule has 24 heavy (non-hydrogen) atoms. The molecule has 0 radical (unpaired) electrons. The number of allylic oxidation sites excluding steroid dienone is 4. The molecule has 1 nitrogen and oxygen atoms in total. The fourth-order valence-electron chi connectivity index (χ4n) is 2.27. The van der Waals surface area contributed by atoms with Gasteiger partial charge in [-0.25, -0.2) is 8.78 Å². The van der Waals surface area contributed by atoms with E-state index >= 15 is 0 Å². The Morgan fingerprint density at radius 1 is 0.917 bits per heavy atom. The summed E-state index contributed by atoms with van der Waals surface area (Å²) in [6.45, 7) is 2.01. The molecular weight excluding hydrogens is 334 g/mol. The van der Waals surface area contributed by atoms with Gasteiger partial charge >= 0.3 is 11.8 Å². The van der Waals surface area contributed by atoms with Crippen LogP contribution in [0.15, 0.2) is 35.6 Å². The number of halogens is 6. The summed E-state index contributed by atoms with van der Waals surface area (Å²) in [6.07, 6.45) is 1.79. The van der Waals surface area contributed by atoms with Gasteiger partial charge in [-0.2, -0.15) is 17.6 Å². The molecule has 0 N–H and O–H groups in total. The summed E-state index contributed by atoms with van der Waals surface area (Å²) in [5, 5.41) is 0. The molecule has 0 spiro atoms. The smallest absolute Gasteiger partial charge is 0.369 e. The lowest BCUT2D eigenvalue weighted by Crippen LogP contribution is -2.45. The minimum absolute atomic E-state index is 0.0349. The zero-order valence-corrected chi connectivity index (χ0v) is 13.1. The Balaban J connectivity index is 1.97. The fourth-order valence-corrected chi connectivity index (χ4v) is 2.27. The Morgan fingerprint density at radius 2 is 1.58 bits per heavy atom. The van der Waals surface area contributed by atoms with Crippen molar-refractivity contribution in [1.29, 1.82) is 0 Å². The normalized spacial score (nSPS) is 18.8. The monoisotopic (exact) mass is 350 g/mol. The van der Waals surface area contributed by atoms with E-state index in [1.54, 1.807) is 0 Å².